The van der Waals surface area contributed by atoms with Crippen LogP contribution in [-0.4, -0.2) is 7.11 Å². The summed E-state index contributed by atoms with van der Waals surface area (Å²) >= 11 is 0. The molecule has 0 saturated heterocycles. The van der Waals surface area contributed by atoms with Gasteiger partial charge < -0.3 is 4.74 Å². The number of methoxy groups -OCH3 is 1. The largest absolute Gasteiger partial charge is 0.496 e. The van der Waals surface area contributed by atoms with Gasteiger partial charge in [0.2, 0.25) is 0 Å². The smallest absolute Gasteiger partial charge is 0.363 e. The molecule has 0 bridgehead atoms. The van der Waals surface area contributed by atoms with E-state index >= 15 is 0 Å². The molecule has 0 radical (unpaired) electrons. The van der Waals surface area contributed by atoms with Crippen LogP contribution in [0.2, 0.25) is 0 Å². The maximum atomic E-state index is 5.67. The van der Waals surface area contributed by atoms with E-state index < -0.39 is 0 Å². The van der Waals surface area contributed by atoms with Crippen molar-refractivity contribution in [2.75, 3.05) is 7.11 Å². The van der Waals surface area contributed by atoms with Gasteiger partial charge in [-0.05, 0) is 18.2 Å². The average molecular weight is 189 g/mol. The van der Waals surface area contributed by atoms with E-state index in [1.165, 1.54) is 0 Å². The molecule has 1 aromatic heterocycles. The topological polar surface area (TPSA) is 20.5 Å². The fourth-order valence-electron chi connectivity index (χ4n) is 1.42. The summed E-state index contributed by atoms with van der Waals surface area (Å²) in [6.07, 6.45) is 0.910. The van der Waals surface area contributed by atoms with Crippen molar-refractivity contribution in [2.24, 2.45) is 0 Å². The number of hydrogen-bond donors (Lipinski definition) is 0. The lowest BCUT2D eigenvalue weighted by Gasteiger charge is -1.96. The number of aryl methyl sites for hydroxylation is 1. The highest BCUT2D eigenvalue weighted by Crippen LogP contribution is 2.21. The monoisotopic (exact) mass is 189 g/mol. The Bertz CT molecular complexity index is 410. The molecule has 2 aromatic rings. The minimum Gasteiger partial charge on any atom is -0.496 e. The number of benzene rings is 1. The maximum Gasteiger partial charge on any atom is 0.363 e. The van der Waals surface area contributed by atoms with E-state index in [4.69, 9.17) is 9.15 Å². The second-order valence-electron chi connectivity index (χ2n) is 3.16. The van der Waals surface area contributed by atoms with Crippen LogP contribution in [0.5, 0.6) is 5.75 Å². The third kappa shape index (κ3) is 1.55. The van der Waals surface area contributed by atoms with Crippen LogP contribution in [0.3, 0.4) is 0 Å². The van der Waals surface area contributed by atoms with Gasteiger partial charge in [-0.15, -0.1) is 0 Å². The van der Waals surface area contributed by atoms with Gasteiger partial charge in [-0.25, -0.2) is 4.42 Å². The molecular formula is C12H13O2+. The van der Waals surface area contributed by atoms with Gasteiger partial charge in [-0.1, -0.05) is 6.92 Å². The lowest BCUT2D eigenvalue weighted by molar-refractivity contribution is 0.414. The first kappa shape index (κ1) is 9.00. The standard InChI is InChI=1S/C12H13O2/c1-3-10-6-4-9-5-7-11(13-2)8-12(9)14-10/h4-8H,3H2,1-2H3/q+1. The minimum atomic E-state index is 0.828. The summed E-state index contributed by atoms with van der Waals surface area (Å²) in [5, 5.41) is 1.10. The predicted molar refractivity (Wildman–Crippen MR) is 56.6 cm³/mol. The van der Waals surface area contributed by atoms with Gasteiger partial charge in [0.05, 0.1) is 25.0 Å². The Morgan fingerprint density at radius 1 is 1.21 bits per heavy atom. The molecular weight excluding hydrogens is 176 g/mol. The van der Waals surface area contributed by atoms with Crippen molar-refractivity contribution in [1.82, 2.24) is 0 Å². The van der Waals surface area contributed by atoms with E-state index in [0.29, 0.717) is 0 Å². The molecule has 1 aromatic carbocycles. The van der Waals surface area contributed by atoms with Gasteiger partial charge in [0.1, 0.15) is 5.75 Å². The van der Waals surface area contributed by atoms with E-state index in [1.807, 2.05) is 24.3 Å². The van der Waals surface area contributed by atoms with Crippen LogP contribution in [0.4, 0.5) is 0 Å². The number of ether oxygens (including phenoxy) is 1. The maximum absolute atomic E-state index is 5.67. The molecule has 0 aliphatic rings. The van der Waals surface area contributed by atoms with Gasteiger partial charge >= 0.3 is 11.3 Å². The van der Waals surface area contributed by atoms with Crippen LogP contribution in [0.1, 0.15) is 12.7 Å². The van der Waals surface area contributed by atoms with Gasteiger partial charge in [0.15, 0.2) is 0 Å². The molecule has 0 amide bonds. The molecule has 2 heteroatoms. The molecule has 0 aliphatic carbocycles. The highest BCUT2D eigenvalue weighted by Gasteiger charge is 2.10. The van der Waals surface area contributed by atoms with E-state index in [-0.39, 0.29) is 0 Å². The number of fused-ring (bicyclic) bond motifs is 1. The van der Waals surface area contributed by atoms with Crippen LogP contribution >= 0.6 is 0 Å². The van der Waals surface area contributed by atoms with Gasteiger partial charge in [0.25, 0.3) is 0 Å². The normalized spacial score (nSPS) is 10.4. The quantitative estimate of drug-likeness (QED) is 0.676. The third-order valence-electron chi connectivity index (χ3n) is 2.26. The lowest BCUT2D eigenvalue weighted by atomic mass is 10.2. The highest BCUT2D eigenvalue weighted by atomic mass is 16.5. The highest BCUT2D eigenvalue weighted by molar-refractivity contribution is 5.78. The second-order valence-corrected chi connectivity index (χ2v) is 3.16. The fourth-order valence-corrected chi connectivity index (χ4v) is 1.42. The van der Waals surface area contributed by atoms with Crippen molar-refractivity contribution in [1.29, 1.82) is 0 Å². The molecule has 0 saturated carbocycles. The van der Waals surface area contributed by atoms with E-state index in [2.05, 4.69) is 13.0 Å². The first-order chi connectivity index (χ1) is 6.83. The lowest BCUT2D eigenvalue weighted by Crippen LogP contribution is -1.84. The van der Waals surface area contributed by atoms with Crippen LogP contribution in [0, 0.1) is 0 Å². The van der Waals surface area contributed by atoms with Crippen molar-refractivity contribution in [2.45, 2.75) is 13.3 Å². The average Bonchev–Trinajstić information content (AvgIpc) is 2.27. The van der Waals surface area contributed by atoms with Crippen LogP contribution in [0.25, 0.3) is 11.0 Å². The van der Waals surface area contributed by atoms with Crippen LogP contribution < -0.4 is 4.74 Å². The first-order valence-electron chi connectivity index (χ1n) is 4.73. The molecule has 2 rings (SSSR count). The molecule has 72 valence electrons. The summed E-state index contributed by atoms with van der Waals surface area (Å²) in [6, 6.07) is 9.92. The fraction of sp³-hybridized carbons (Fsp3) is 0.250. The third-order valence-corrected chi connectivity index (χ3v) is 2.26. The summed E-state index contributed by atoms with van der Waals surface area (Å²) < 4.78 is 10.8. The Morgan fingerprint density at radius 2 is 2.00 bits per heavy atom. The van der Waals surface area contributed by atoms with E-state index in [0.717, 1.165) is 28.9 Å². The van der Waals surface area contributed by atoms with Crippen LogP contribution in [-0.2, 0) is 6.42 Å². The van der Waals surface area contributed by atoms with Crippen molar-refractivity contribution in [3.63, 3.8) is 0 Å². The summed E-state index contributed by atoms with van der Waals surface area (Å²) in [5.41, 5.74) is 0.878. The van der Waals surface area contributed by atoms with Crippen molar-refractivity contribution in [3.8, 4) is 5.75 Å². The summed E-state index contributed by atoms with van der Waals surface area (Å²) in [4.78, 5) is 0. The zero-order chi connectivity index (χ0) is 9.97. The molecule has 0 fully saturated rings. The number of hydrogen-bond acceptors (Lipinski definition) is 1. The predicted octanol–water partition coefficient (Wildman–Crippen LogP) is 3.28. The molecule has 0 aliphatic heterocycles. The zero-order valence-corrected chi connectivity index (χ0v) is 8.41. The van der Waals surface area contributed by atoms with Crippen molar-refractivity contribution < 1.29 is 9.15 Å². The first-order valence-corrected chi connectivity index (χ1v) is 4.73. The Balaban J connectivity index is 2.60. The van der Waals surface area contributed by atoms with E-state index in [9.17, 15) is 0 Å². The van der Waals surface area contributed by atoms with Gasteiger partial charge in [-0.2, -0.15) is 0 Å². The second kappa shape index (κ2) is 3.66. The molecule has 0 spiro atoms. The Kier molecular flexibility index (Phi) is 2.35. The Hall–Kier alpha value is -1.57. The van der Waals surface area contributed by atoms with Gasteiger partial charge in [0, 0.05) is 6.07 Å². The summed E-state index contributed by atoms with van der Waals surface area (Å²) in [6.45, 7) is 2.07. The molecule has 14 heavy (non-hydrogen) atoms. The minimum absolute atomic E-state index is 0.828. The van der Waals surface area contributed by atoms with E-state index in [1.54, 1.807) is 7.11 Å². The Labute approximate surface area is 83.1 Å². The van der Waals surface area contributed by atoms with Crippen LogP contribution in [0.15, 0.2) is 34.7 Å². The molecule has 1 heterocycles. The van der Waals surface area contributed by atoms with Crippen molar-refractivity contribution in [3.05, 3.63) is 36.1 Å². The Morgan fingerprint density at radius 3 is 2.71 bits per heavy atom. The molecule has 2 nitrogen and oxygen atoms in total. The summed E-state index contributed by atoms with van der Waals surface area (Å²) in [7, 11) is 1.66. The SMILES string of the molecule is CCc1ccc2ccc(OC)cc2[o+]1. The zero-order valence-electron chi connectivity index (χ0n) is 8.41. The van der Waals surface area contributed by atoms with Crippen molar-refractivity contribution >= 4 is 11.0 Å². The summed E-state index contributed by atoms with van der Waals surface area (Å²) in [5.74, 6) is 1.82. The van der Waals surface area contributed by atoms with Gasteiger partial charge in [-0.3, -0.25) is 0 Å². The molecule has 0 unspecified atom stereocenters. The molecule has 0 atom stereocenters. The number of rotatable bonds is 2. The molecule has 0 N–H and O–H groups in total.